The lowest BCUT2D eigenvalue weighted by Crippen LogP contribution is -2.31. The Morgan fingerprint density at radius 3 is 2.38 bits per heavy atom. The summed E-state index contributed by atoms with van der Waals surface area (Å²) < 4.78 is 26.4. The van der Waals surface area contributed by atoms with Gasteiger partial charge < -0.3 is 4.90 Å². The summed E-state index contributed by atoms with van der Waals surface area (Å²) in [6.45, 7) is 3.84. The SMILES string of the molecule is Cc1nc(NC(=O)c2cc(S(=O)(=O)N(C)C)ccc2N(C)C2CCCC2)sc1C. The molecule has 2 aromatic rings. The standard InChI is InChI=1S/C20H28N4O3S2/c1-13-14(2)28-20(21-13)22-19(25)17-12-16(29(26,27)23(3)4)10-11-18(17)24(5)15-8-6-7-9-15/h10-12,15H,6-9H2,1-5H3,(H,21,22,25). The van der Waals surface area contributed by atoms with E-state index in [1.807, 2.05) is 20.9 Å². The Morgan fingerprint density at radius 2 is 1.83 bits per heavy atom. The largest absolute Gasteiger partial charge is 0.371 e. The molecular weight excluding hydrogens is 408 g/mol. The zero-order valence-electron chi connectivity index (χ0n) is 17.5. The molecule has 1 heterocycles. The van der Waals surface area contributed by atoms with Crippen molar-refractivity contribution in [3.63, 3.8) is 0 Å². The van der Waals surface area contributed by atoms with Gasteiger partial charge in [0.2, 0.25) is 10.0 Å². The van der Waals surface area contributed by atoms with Crippen LogP contribution >= 0.6 is 11.3 Å². The molecule has 7 nitrogen and oxygen atoms in total. The summed E-state index contributed by atoms with van der Waals surface area (Å²) in [5, 5.41) is 3.36. The maximum Gasteiger partial charge on any atom is 0.259 e. The van der Waals surface area contributed by atoms with Gasteiger partial charge in [-0.2, -0.15) is 0 Å². The highest BCUT2D eigenvalue weighted by Crippen LogP contribution is 2.32. The predicted molar refractivity (Wildman–Crippen MR) is 118 cm³/mol. The average molecular weight is 437 g/mol. The zero-order valence-corrected chi connectivity index (χ0v) is 19.2. The van der Waals surface area contributed by atoms with Crippen LogP contribution in [0.3, 0.4) is 0 Å². The second-order valence-electron chi connectivity index (χ2n) is 7.63. The van der Waals surface area contributed by atoms with Crippen LogP contribution in [0.15, 0.2) is 23.1 Å². The number of aromatic nitrogens is 1. The lowest BCUT2D eigenvalue weighted by Gasteiger charge is -2.28. The number of sulfonamides is 1. The van der Waals surface area contributed by atoms with E-state index in [1.54, 1.807) is 12.1 Å². The number of rotatable bonds is 6. The molecule has 9 heteroatoms. The number of thiazole rings is 1. The van der Waals surface area contributed by atoms with E-state index in [1.165, 1.54) is 44.3 Å². The number of amides is 1. The van der Waals surface area contributed by atoms with Crippen LogP contribution in [0.1, 0.15) is 46.6 Å². The van der Waals surface area contributed by atoms with E-state index >= 15 is 0 Å². The predicted octanol–water partition coefficient (Wildman–Crippen LogP) is 3.64. The first-order valence-corrected chi connectivity index (χ1v) is 11.9. The smallest absolute Gasteiger partial charge is 0.259 e. The van der Waals surface area contributed by atoms with Crippen molar-refractivity contribution in [2.24, 2.45) is 0 Å². The molecule has 1 aromatic carbocycles. The van der Waals surface area contributed by atoms with E-state index in [9.17, 15) is 13.2 Å². The third-order valence-corrected chi connectivity index (χ3v) is 8.29. The second-order valence-corrected chi connectivity index (χ2v) is 11.0. The molecule has 1 fully saturated rings. The molecule has 1 aromatic heterocycles. The van der Waals surface area contributed by atoms with E-state index in [4.69, 9.17) is 0 Å². The number of anilines is 2. The summed E-state index contributed by atoms with van der Waals surface area (Å²) in [5.74, 6) is -0.352. The van der Waals surface area contributed by atoms with Crippen molar-refractivity contribution in [1.82, 2.24) is 9.29 Å². The van der Waals surface area contributed by atoms with E-state index in [0.29, 0.717) is 16.7 Å². The van der Waals surface area contributed by atoms with Gasteiger partial charge in [0.05, 0.1) is 16.2 Å². The van der Waals surface area contributed by atoms with Gasteiger partial charge in [0.1, 0.15) is 0 Å². The molecule has 29 heavy (non-hydrogen) atoms. The summed E-state index contributed by atoms with van der Waals surface area (Å²) in [5.41, 5.74) is 1.95. The highest BCUT2D eigenvalue weighted by atomic mass is 32.2. The Balaban J connectivity index is 2.02. The lowest BCUT2D eigenvalue weighted by molar-refractivity contribution is 0.102. The fourth-order valence-electron chi connectivity index (χ4n) is 3.55. The lowest BCUT2D eigenvalue weighted by atomic mass is 10.1. The van der Waals surface area contributed by atoms with E-state index < -0.39 is 10.0 Å². The quantitative estimate of drug-likeness (QED) is 0.748. The van der Waals surface area contributed by atoms with Gasteiger partial charge in [-0.15, -0.1) is 11.3 Å². The van der Waals surface area contributed by atoms with Gasteiger partial charge in [0.25, 0.3) is 5.91 Å². The van der Waals surface area contributed by atoms with Crippen molar-refractivity contribution < 1.29 is 13.2 Å². The number of hydrogen-bond acceptors (Lipinski definition) is 6. The number of nitrogens with one attached hydrogen (secondary N) is 1. The van der Waals surface area contributed by atoms with Gasteiger partial charge in [-0.05, 0) is 44.9 Å². The van der Waals surface area contributed by atoms with Crippen molar-refractivity contribution >= 4 is 38.1 Å². The molecule has 0 saturated heterocycles. The molecule has 1 amide bonds. The molecule has 0 aliphatic heterocycles. The van der Waals surface area contributed by atoms with Crippen LogP contribution in [0.5, 0.6) is 0 Å². The summed E-state index contributed by atoms with van der Waals surface area (Å²) in [7, 11) is 1.29. The minimum Gasteiger partial charge on any atom is -0.371 e. The summed E-state index contributed by atoms with van der Waals surface area (Å²) >= 11 is 1.41. The van der Waals surface area contributed by atoms with Gasteiger partial charge in [-0.25, -0.2) is 17.7 Å². The molecule has 0 unspecified atom stereocenters. The first-order valence-electron chi connectivity index (χ1n) is 9.66. The molecule has 0 bridgehead atoms. The normalized spacial score (nSPS) is 15.1. The number of hydrogen-bond donors (Lipinski definition) is 1. The highest BCUT2D eigenvalue weighted by Gasteiger charge is 2.26. The van der Waals surface area contributed by atoms with Crippen LogP contribution in [-0.2, 0) is 10.0 Å². The van der Waals surface area contributed by atoms with Crippen molar-refractivity contribution in [3.05, 3.63) is 34.3 Å². The second kappa shape index (κ2) is 8.41. The Morgan fingerprint density at radius 1 is 1.17 bits per heavy atom. The Kier molecular flexibility index (Phi) is 6.30. The maximum absolute atomic E-state index is 13.1. The minimum absolute atomic E-state index is 0.0997. The summed E-state index contributed by atoms with van der Waals surface area (Å²) in [6, 6.07) is 5.13. The zero-order chi connectivity index (χ0) is 21.3. The van der Waals surface area contributed by atoms with Gasteiger partial charge in [-0.3, -0.25) is 10.1 Å². The molecule has 158 valence electrons. The van der Waals surface area contributed by atoms with Crippen molar-refractivity contribution in [2.45, 2.75) is 50.5 Å². The fraction of sp³-hybridized carbons (Fsp3) is 0.500. The van der Waals surface area contributed by atoms with Gasteiger partial charge >= 0.3 is 0 Å². The first kappa shape index (κ1) is 21.7. The first-order chi connectivity index (χ1) is 13.6. The molecule has 1 aliphatic rings. The topological polar surface area (TPSA) is 82.6 Å². The van der Waals surface area contributed by atoms with Crippen LogP contribution in [0.4, 0.5) is 10.8 Å². The van der Waals surface area contributed by atoms with E-state index in [0.717, 1.165) is 33.4 Å². The van der Waals surface area contributed by atoms with Crippen LogP contribution < -0.4 is 10.2 Å². The molecule has 1 saturated carbocycles. The number of benzene rings is 1. The van der Waals surface area contributed by atoms with Crippen LogP contribution in [0.2, 0.25) is 0 Å². The van der Waals surface area contributed by atoms with Crippen LogP contribution in [0, 0.1) is 13.8 Å². The van der Waals surface area contributed by atoms with Crippen LogP contribution in [0.25, 0.3) is 0 Å². The average Bonchev–Trinajstić information content (AvgIpc) is 3.30. The monoisotopic (exact) mass is 436 g/mol. The molecule has 0 atom stereocenters. The third-order valence-electron chi connectivity index (χ3n) is 5.49. The number of carbonyl (C=O) groups excluding carboxylic acids is 1. The maximum atomic E-state index is 13.1. The van der Waals surface area contributed by atoms with Crippen LogP contribution in [-0.4, -0.2) is 50.8 Å². The number of carbonyl (C=O) groups is 1. The molecule has 1 aliphatic carbocycles. The van der Waals surface area contributed by atoms with Gasteiger partial charge in [0.15, 0.2) is 5.13 Å². The van der Waals surface area contributed by atoms with Gasteiger partial charge in [-0.1, -0.05) is 12.8 Å². The number of aryl methyl sites for hydroxylation is 2. The van der Waals surface area contributed by atoms with E-state index in [2.05, 4.69) is 15.2 Å². The summed E-state index contributed by atoms with van der Waals surface area (Å²) in [4.78, 5) is 20.8. The van der Waals surface area contributed by atoms with Crippen molar-refractivity contribution in [2.75, 3.05) is 31.4 Å². The van der Waals surface area contributed by atoms with Gasteiger partial charge in [0, 0.05) is 37.7 Å². The molecule has 0 spiro atoms. The molecule has 3 rings (SSSR count). The molecule has 0 radical (unpaired) electrons. The molecule has 1 N–H and O–H groups in total. The Hall–Kier alpha value is -1.97. The minimum atomic E-state index is -3.65. The third kappa shape index (κ3) is 4.46. The van der Waals surface area contributed by atoms with Crippen molar-refractivity contribution in [3.8, 4) is 0 Å². The number of nitrogens with zero attached hydrogens (tertiary/aromatic N) is 3. The van der Waals surface area contributed by atoms with E-state index in [-0.39, 0.29) is 10.8 Å². The molecular formula is C20H28N4O3S2. The highest BCUT2D eigenvalue weighted by molar-refractivity contribution is 7.89. The summed E-state index contributed by atoms with van der Waals surface area (Å²) in [6.07, 6.45) is 4.48. The fourth-order valence-corrected chi connectivity index (χ4v) is 5.29. The Labute approximate surface area is 176 Å². The van der Waals surface area contributed by atoms with Crippen molar-refractivity contribution in [1.29, 1.82) is 0 Å². The Bertz CT molecular complexity index is 989.